The average Bonchev–Trinajstić information content (AvgIpc) is 2.49. The largest absolute Gasteiger partial charge is 0.493 e. The quantitative estimate of drug-likeness (QED) is 0.778. The monoisotopic (exact) mass is 335 g/mol. The van der Waals surface area contributed by atoms with E-state index in [0.29, 0.717) is 22.4 Å². The van der Waals surface area contributed by atoms with Gasteiger partial charge in [-0.15, -0.1) is 0 Å². The van der Waals surface area contributed by atoms with Crippen LogP contribution in [0.4, 0.5) is 4.39 Å². The molecule has 20 heavy (non-hydrogen) atoms. The zero-order valence-corrected chi connectivity index (χ0v) is 12.3. The van der Waals surface area contributed by atoms with Gasteiger partial charge in [-0.3, -0.25) is 0 Å². The van der Waals surface area contributed by atoms with E-state index in [1.807, 2.05) is 6.07 Å². The highest BCUT2D eigenvalue weighted by molar-refractivity contribution is 9.08. The molecule has 2 rings (SSSR count). The van der Waals surface area contributed by atoms with E-state index in [4.69, 9.17) is 14.7 Å². The van der Waals surface area contributed by atoms with E-state index >= 15 is 0 Å². The minimum Gasteiger partial charge on any atom is -0.493 e. The van der Waals surface area contributed by atoms with E-state index < -0.39 is 5.82 Å². The molecule has 0 N–H and O–H groups in total. The molecule has 0 radical (unpaired) electrons. The van der Waals surface area contributed by atoms with E-state index in [-0.39, 0.29) is 5.75 Å². The maximum atomic E-state index is 13.9. The molecule has 5 heteroatoms. The summed E-state index contributed by atoms with van der Waals surface area (Å²) in [6.45, 7) is 0. The number of hydrogen-bond donors (Lipinski definition) is 0. The van der Waals surface area contributed by atoms with Crippen molar-refractivity contribution in [3.63, 3.8) is 0 Å². The maximum Gasteiger partial charge on any atom is 0.169 e. The molecule has 0 saturated heterocycles. The Kier molecular flexibility index (Phi) is 4.59. The molecule has 0 amide bonds. The fraction of sp³-hybridized carbons (Fsp3) is 0.133. The van der Waals surface area contributed by atoms with Crippen LogP contribution in [-0.4, -0.2) is 7.11 Å². The molecule has 0 aliphatic carbocycles. The van der Waals surface area contributed by atoms with Gasteiger partial charge in [0, 0.05) is 11.4 Å². The van der Waals surface area contributed by atoms with Crippen LogP contribution >= 0.6 is 15.9 Å². The number of hydrogen-bond acceptors (Lipinski definition) is 3. The molecule has 0 aliphatic rings. The summed E-state index contributed by atoms with van der Waals surface area (Å²) in [6, 6.07) is 11.4. The van der Waals surface area contributed by atoms with Crippen molar-refractivity contribution in [3.05, 3.63) is 53.3 Å². The summed E-state index contributed by atoms with van der Waals surface area (Å²) in [5.41, 5.74) is 1.27. The van der Waals surface area contributed by atoms with Crippen LogP contribution in [-0.2, 0) is 5.33 Å². The van der Waals surface area contributed by atoms with Gasteiger partial charge >= 0.3 is 0 Å². The molecule has 0 bridgehead atoms. The highest BCUT2D eigenvalue weighted by atomic mass is 79.9. The molecule has 102 valence electrons. The van der Waals surface area contributed by atoms with Crippen LogP contribution in [0.3, 0.4) is 0 Å². The number of nitriles is 1. The number of rotatable bonds is 4. The van der Waals surface area contributed by atoms with E-state index in [1.165, 1.54) is 13.2 Å². The Morgan fingerprint density at radius 1 is 1.15 bits per heavy atom. The fourth-order valence-electron chi connectivity index (χ4n) is 1.65. The van der Waals surface area contributed by atoms with Gasteiger partial charge < -0.3 is 9.47 Å². The second-order valence-corrected chi connectivity index (χ2v) is 4.54. The van der Waals surface area contributed by atoms with Gasteiger partial charge in [-0.2, -0.15) is 5.26 Å². The highest BCUT2D eigenvalue weighted by Crippen LogP contribution is 2.33. The van der Waals surface area contributed by atoms with Gasteiger partial charge in [0.15, 0.2) is 23.1 Å². The van der Waals surface area contributed by atoms with Gasteiger partial charge in [-0.05, 0) is 29.8 Å². The third-order valence-corrected chi connectivity index (χ3v) is 3.31. The van der Waals surface area contributed by atoms with E-state index in [9.17, 15) is 4.39 Å². The first-order valence-electron chi connectivity index (χ1n) is 5.78. The van der Waals surface area contributed by atoms with E-state index in [0.717, 1.165) is 5.56 Å². The standard InChI is InChI=1S/C15H11BrFNO2/c1-19-15-7-11(9-18)3-5-14(15)20-13-4-2-10(8-16)6-12(13)17/h2-7H,8H2,1H3. The number of nitrogens with zero attached hydrogens (tertiary/aromatic N) is 1. The SMILES string of the molecule is COc1cc(C#N)ccc1Oc1ccc(CBr)cc1F. The molecule has 3 nitrogen and oxygen atoms in total. The van der Waals surface area contributed by atoms with Crippen molar-refractivity contribution in [3.8, 4) is 23.3 Å². The lowest BCUT2D eigenvalue weighted by atomic mass is 10.2. The van der Waals surface area contributed by atoms with Crippen LogP contribution in [0, 0.1) is 17.1 Å². The van der Waals surface area contributed by atoms with Crippen LogP contribution in [0.1, 0.15) is 11.1 Å². The Balaban J connectivity index is 2.32. The Hall–Kier alpha value is -2.06. The fourth-order valence-corrected chi connectivity index (χ4v) is 2.00. The summed E-state index contributed by atoms with van der Waals surface area (Å²) in [4.78, 5) is 0. The van der Waals surface area contributed by atoms with Crippen LogP contribution in [0.5, 0.6) is 17.2 Å². The summed E-state index contributed by atoms with van der Waals surface area (Å²) in [6.07, 6.45) is 0. The van der Waals surface area contributed by atoms with Crippen molar-refractivity contribution >= 4 is 15.9 Å². The molecule has 2 aromatic rings. The lowest BCUT2D eigenvalue weighted by Gasteiger charge is -2.11. The number of alkyl halides is 1. The molecule has 2 aromatic carbocycles. The summed E-state index contributed by atoms with van der Waals surface area (Å²) < 4.78 is 24.5. The van der Waals surface area contributed by atoms with E-state index in [1.54, 1.807) is 30.3 Å². The molecule has 0 unspecified atom stereocenters. The number of methoxy groups -OCH3 is 1. The van der Waals surface area contributed by atoms with Gasteiger partial charge in [0.1, 0.15) is 0 Å². The van der Waals surface area contributed by atoms with Crippen molar-refractivity contribution in [2.24, 2.45) is 0 Å². The Labute approximate surface area is 124 Å². The molecule has 0 aliphatic heterocycles. The predicted molar refractivity (Wildman–Crippen MR) is 76.8 cm³/mol. The van der Waals surface area contributed by atoms with Gasteiger partial charge in [0.25, 0.3) is 0 Å². The molecule has 0 aromatic heterocycles. The average molecular weight is 336 g/mol. The molecule has 0 spiro atoms. The topological polar surface area (TPSA) is 42.2 Å². The van der Waals surface area contributed by atoms with Gasteiger partial charge in [-0.25, -0.2) is 4.39 Å². The number of ether oxygens (including phenoxy) is 2. The normalized spacial score (nSPS) is 9.90. The van der Waals surface area contributed by atoms with Crippen molar-refractivity contribution in [2.75, 3.05) is 7.11 Å². The lowest BCUT2D eigenvalue weighted by molar-refractivity contribution is 0.371. The molecular formula is C15H11BrFNO2. The highest BCUT2D eigenvalue weighted by Gasteiger charge is 2.10. The van der Waals surface area contributed by atoms with E-state index in [2.05, 4.69) is 15.9 Å². The van der Waals surface area contributed by atoms with Crippen LogP contribution < -0.4 is 9.47 Å². The molecule has 0 fully saturated rings. The summed E-state index contributed by atoms with van der Waals surface area (Å²) in [5.74, 6) is 0.399. The summed E-state index contributed by atoms with van der Waals surface area (Å²) in [7, 11) is 1.47. The first-order valence-corrected chi connectivity index (χ1v) is 6.90. The zero-order valence-electron chi connectivity index (χ0n) is 10.7. The Bertz CT molecular complexity index is 667. The van der Waals surface area contributed by atoms with Crippen molar-refractivity contribution in [2.45, 2.75) is 5.33 Å². The summed E-state index contributed by atoms with van der Waals surface area (Å²) >= 11 is 3.26. The van der Waals surface area contributed by atoms with Gasteiger partial charge in [0.2, 0.25) is 0 Å². The first kappa shape index (κ1) is 14.4. The van der Waals surface area contributed by atoms with Gasteiger partial charge in [0.05, 0.1) is 18.7 Å². The van der Waals surface area contributed by atoms with Crippen molar-refractivity contribution < 1.29 is 13.9 Å². The maximum absolute atomic E-state index is 13.9. The number of benzene rings is 2. The minimum atomic E-state index is -0.451. The molecule has 0 atom stereocenters. The Morgan fingerprint density at radius 3 is 2.50 bits per heavy atom. The molecule has 0 heterocycles. The minimum absolute atomic E-state index is 0.109. The van der Waals surface area contributed by atoms with Crippen molar-refractivity contribution in [1.82, 2.24) is 0 Å². The third kappa shape index (κ3) is 3.09. The van der Waals surface area contributed by atoms with Crippen molar-refractivity contribution in [1.29, 1.82) is 5.26 Å². The second-order valence-electron chi connectivity index (χ2n) is 3.98. The molecular weight excluding hydrogens is 325 g/mol. The van der Waals surface area contributed by atoms with Crippen LogP contribution in [0.2, 0.25) is 0 Å². The predicted octanol–water partition coefficient (Wildman–Crippen LogP) is 4.39. The summed E-state index contributed by atoms with van der Waals surface area (Å²) in [5, 5.41) is 9.40. The van der Waals surface area contributed by atoms with Gasteiger partial charge in [-0.1, -0.05) is 22.0 Å². The smallest absolute Gasteiger partial charge is 0.169 e. The van der Waals surface area contributed by atoms with Crippen LogP contribution in [0.15, 0.2) is 36.4 Å². The number of halogens is 2. The molecule has 0 saturated carbocycles. The first-order chi connectivity index (χ1) is 9.67. The van der Waals surface area contributed by atoms with Crippen LogP contribution in [0.25, 0.3) is 0 Å². The third-order valence-electron chi connectivity index (χ3n) is 2.66. The second kappa shape index (κ2) is 6.40. The lowest BCUT2D eigenvalue weighted by Crippen LogP contribution is -1.94. The zero-order chi connectivity index (χ0) is 14.5. The Morgan fingerprint density at radius 2 is 1.90 bits per heavy atom.